The first-order chi connectivity index (χ1) is 32.6. The van der Waals surface area contributed by atoms with Crippen LogP contribution in [0.15, 0.2) is 60.8 Å². The minimum atomic E-state index is -0.547. The number of allylic oxidation sites excluding steroid dienone is 10. The molecule has 0 amide bonds. The molecule has 0 saturated heterocycles. The van der Waals surface area contributed by atoms with Crippen LogP contribution in [-0.4, -0.2) is 37.9 Å². The highest BCUT2D eigenvalue weighted by molar-refractivity contribution is 5.70. The van der Waals surface area contributed by atoms with Gasteiger partial charge in [-0.15, -0.1) is 0 Å². The molecule has 0 aliphatic heterocycles. The summed E-state index contributed by atoms with van der Waals surface area (Å²) in [6.45, 7) is 7.71. The Kier molecular flexibility index (Phi) is 54.9. The van der Waals surface area contributed by atoms with Crippen molar-refractivity contribution in [1.82, 2.24) is 0 Å². The van der Waals surface area contributed by atoms with Gasteiger partial charge in [-0.25, -0.2) is 0 Å². The molecule has 0 aromatic rings. The minimum Gasteiger partial charge on any atom is -0.462 e. The molecule has 1 unspecified atom stereocenters. The molecule has 0 bridgehead atoms. The summed E-state index contributed by atoms with van der Waals surface area (Å²) in [4.78, 5) is 25.5. The maximum absolute atomic E-state index is 12.8. The first kappa shape index (κ1) is 63.6. The van der Waals surface area contributed by atoms with E-state index in [0.717, 1.165) is 77.0 Å². The zero-order valence-electron chi connectivity index (χ0n) is 44.2. The molecule has 0 radical (unpaired) electrons. The van der Waals surface area contributed by atoms with Gasteiger partial charge in [-0.2, -0.15) is 0 Å². The van der Waals surface area contributed by atoms with Crippen LogP contribution in [0.3, 0.4) is 0 Å². The van der Waals surface area contributed by atoms with E-state index in [9.17, 15) is 9.59 Å². The van der Waals surface area contributed by atoms with E-state index in [1.54, 1.807) is 0 Å². The van der Waals surface area contributed by atoms with Gasteiger partial charge in [0.15, 0.2) is 6.10 Å². The standard InChI is InChI=1S/C61H110O5/c1-4-7-10-13-16-19-22-25-27-29-30-31-33-35-38-41-44-47-50-53-56-64-57-59(66-61(63)55-52-49-46-43-40-36-24-21-18-15-12-9-6-3)58-65-60(62)54-51-48-45-42-39-37-34-32-28-26-23-20-17-14-11-8-5-2/h7,10,16,19,25,27,30-31,35,38,59H,4-6,8-9,11-15,17-18,20-24,26,28-29,32-34,36-37,39-58H2,1-3H3/b10-7-,19-16-,27-25-,31-30-,38-35-. The summed E-state index contributed by atoms with van der Waals surface area (Å²) >= 11 is 0. The Labute approximate surface area is 411 Å². The van der Waals surface area contributed by atoms with Crippen LogP contribution in [0.4, 0.5) is 0 Å². The van der Waals surface area contributed by atoms with Gasteiger partial charge in [0.05, 0.1) is 6.61 Å². The highest BCUT2D eigenvalue weighted by atomic mass is 16.6. The van der Waals surface area contributed by atoms with Crippen LogP contribution in [0.1, 0.15) is 290 Å². The smallest absolute Gasteiger partial charge is 0.306 e. The summed E-state index contributed by atoms with van der Waals surface area (Å²) in [5.74, 6) is -0.396. The largest absolute Gasteiger partial charge is 0.462 e. The zero-order chi connectivity index (χ0) is 47.7. The summed E-state index contributed by atoms with van der Waals surface area (Å²) in [5, 5.41) is 0. The molecule has 66 heavy (non-hydrogen) atoms. The van der Waals surface area contributed by atoms with E-state index in [1.165, 1.54) is 180 Å². The maximum atomic E-state index is 12.8. The van der Waals surface area contributed by atoms with E-state index in [-0.39, 0.29) is 25.2 Å². The van der Waals surface area contributed by atoms with Crippen LogP contribution < -0.4 is 0 Å². The van der Waals surface area contributed by atoms with E-state index in [0.29, 0.717) is 19.4 Å². The van der Waals surface area contributed by atoms with Gasteiger partial charge < -0.3 is 14.2 Å². The van der Waals surface area contributed by atoms with Gasteiger partial charge in [0, 0.05) is 19.4 Å². The Hall–Kier alpha value is -2.40. The van der Waals surface area contributed by atoms with Crippen molar-refractivity contribution in [3.05, 3.63) is 60.8 Å². The highest BCUT2D eigenvalue weighted by Gasteiger charge is 2.17. The molecule has 0 aliphatic rings. The molecule has 0 fully saturated rings. The van der Waals surface area contributed by atoms with Crippen molar-refractivity contribution in [2.24, 2.45) is 0 Å². The predicted molar refractivity (Wildman–Crippen MR) is 288 cm³/mol. The van der Waals surface area contributed by atoms with Crippen LogP contribution in [0, 0.1) is 0 Å². The molecule has 0 aromatic heterocycles. The summed E-state index contributed by atoms with van der Waals surface area (Å²) in [5.41, 5.74) is 0. The Bertz CT molecular complexity index is 1130. The van der Waals surface area contributed by atoms with E-state index in [1.807, 2.05) is 0 Å². The quantitative estimate of drug-likeness (QED) is 0.0346. The second-order valence-electron chi connectivity index (χ2n) is 19.2. The maximum Gasteiger partial charge on any atom is 0.306 e. The number of carbonyl (C=O) groups is 2. The Morgan fingerprint density at radius 2 is 0.682 bits per heavy atom. The second kappa shape index (κ2) is 56.9. The molecule has 5 nitrogen and oxygen atoms in total. The van der Waals surface area contributed by atoms with Gasteiger partial charge in [-0.3, -0.25) is 9.59 Å². The minimum absolute atomic E-state index is 0.0788. The SMILES string of the molecule is CC/C=C\C/C=C\C/C=C\C/C=C\C/C=C\CCCCCCOCC(COC(=O)CCCCCCCCCCCCCCCCCCC)OC(=O)CCCCCCCCCCCCCCC. The molecular formula is C61H110O5. The van der Waals surface area contributed by atoms with Crippen LogP contribution in [0.5, 0.6) is 0 Å². The normalized spacial score (nSPS) is 12.6. The molecule has 0 aliphatic carbocycles. The first-order valence-electron chi connectivity index (χ1n) is 28.8. The summed E-state index contributed by atoms with van der Waals surface area (Å²) in [7, 11) is 0. The van der Waals surface area contributed by atoms with Crippen molar-refractivity contribution in [2.45, 2.75) is 297 Å². The Balaban J connectivity index is 4.27. The Morgan fingerprint density at radius 1 is 0.348 bits per heavy atom. The Morgan fingerprint density at radius 3 is 1.09 bits per heavy atom. The van der Waals surface area contributed by atoms with Crippen LogP contribution >= 0.6 is 0 Å². The van der Waals surface area contributed by atoms with Crippen molar-refractivity contribution >= 4 is 11.9 Å². The molecule has 0 spiro atoms. The van der Waals surface area contributed by atoms with Crippen molar-refractivity contribution in [1.29, 1.82) is 0 Å². The molecular weight excluding hydrogens is 813 g/mol. The third-order valence-corrected chi connectivity index (χ3v) is 12.6. The third kappa shape index (κ3) is 54.2. The van der Waals surface area contributed by atoms with Crippen molar-refractivity contribution < 1.29 is 23.8 Å². The number of carbonyl (C=O) groups excluding carboxylic acids is 2. The number of esters is 2. The molecule has 0 saturated carbocycles. The number of rotatable bonds is 53. The van der Waals surface area contributed by atoms with E-state index < -0.39 is 6.10 Å². The molecule has 0 N–H and O–H groups in total. The van der Waals surface area contributed by atoms with Gasteiger partial charge in [-0.05, 0) is 64.2 Å². The lowest BCUT2D eigenvalue weighted by atomic mass is 10.0. The topological polar surface area (TPSA) is 61.8 Å². The van der Waals surface area contributed by atoms with Crippen molar-refractivity contribution in [2.75, 3.05) is 19.8 Å². The molecule has 1 atom stereocenters. The molecule has 5 heteroatoms. The second-order valence-corrected chi connectivity index (χ2v) is 19.2. The van der Waals surface area contributed by atoms with E-state index in [2.05, 4.69) is 81.5 Å². The third-order valence-electron chi connectivity index (χ3n) is 12.6. The fraction of sp³-hybridized carbons (Fsp3) is 0.803. The number of hydrogen-bond donors (Lipinski definition) is 0. The lowest BCUT2D eigenvalue weighted by Gasteiger charge is -2.18. The monoisotopic (exact) mass is 923 g/mol. The number of unbranched alkanes of at least 4 members (excludes halogenated alkanes) is 32. The highest BCUT2D eigenvalue weighted by Crippen LogP contribution is 2.16. The molecule has 0 heterocycles. The lowest BCUT2D eigenvalue weighted by molar-refractivity contribution is -0.163. The van der Waals surface area contributed by atoms with Crippen LogP contribution in [-0.2, 0) is 23.8 Å². The van der Waals surface area contributed by atoms with Gasteiger partial charge >= 0.3 is 11.9 Å². The van der Waals surface area contributed by atoms with Gasteiger partial charge in [-0.1, -0.05) is 274 Å². The number of ether oxygens (including phenoxy) is 3. The van der Waals surface area contributed by atoms with E-state index >= 15 is 0 Å². The summed E-state index contributed by atoms with van der Waals surface area (Å²) in [6.07, 6.45) is 72.4. The molecule has 0 rings (SSSR count). The van der Waals surface area contributed by atoms with Gasteiger partial charge in [0.2, 0.25) is 0 Å². The summed E-state index contributed by atoms with van der Waals surface area (Å²) < 4.78 is 17.5. The van der Waals surface area contributed by atoms with Gasteiger partial charge in [0.1, 0.15) is 6.61 Å². The van der Waals surface area contributed by atoms with Crippen molar-refractivity contribution in [3.8, 4) is 0 Å². The van der Waals surface area contributed by atoms with Crippen LogP contribution in [0.2, 0.25) is 0 Å². The van der Waals surface area contributed by atoms with Crippen LogP contribution in [0.25, 0.3) is 0 Å². The average Bonchev–Trinajstić information content (AvgIpc) is 3.32. The van der Waals surface area contributed by atoms with Crippen molar-refractivity contribution in [3.63, 3.8) is 0 Å². The lowest BCUT2D eigenvalue weighted by Crippen LogP contribution is -2.30. The van der Waals surface area contributed by atoms with E-state index in [4.69, 9.17) is 14.2 Å². The molecule has 0 aromatic carbocycles. The van der Waals surface area contributed by atoms with Gasteiger partial charge in [0.25, 0.3) is 0 Å². The predicted octanol–water partition coefficient (Wildman–Crippen LogP) is 19.7. The molecule has 384 valence electrons. The summed E-state index contributed by atoms with van der Waals surface area (Å²) in [6, 6.07) is 0. The number of hydrogen-bond acceptors (Lipinski definition) is 5. The first-order valence-corrected chi connectivity index (χ1v) is 28.8. The zero-order valence-corrected chi connectivity index (χ0v) is 44.2. The average molecular weight is 924 g/mol. The fourth-order valence-electron chi connectivity index (χ4n) is 8.30. The fourth-order valence-corrected chi connectivity index (χ4v) is 8.30.